The second kappa shape index (κ2) is 9.18. The van der Waals surface area contributed by atoms with E-state index in [1.54, 1.807) is 37.6 Å². The molecule has 0 bridgehead atoms. The molecule has 0 saturated heterocycles. The molecule has 0 radical (unpaired) electrons. The number of fused-ring (bicyclic) bond motifs is 1. The van der Waals surface area contributed by atoms with Crippen molar-refractivity contribution in [2.24, 2.45) is 5.10 Å². The maximum atomic E-state index is 12.6. The van der Waals surface area contributed by atoms with E-state index >= 15 is 0 Å². The summed E-state index contributed by atoms with van der Waals surface area (Å²) in [5.41, 5.74) is 7.14. The SMILES string of the molecule is COc1ccc2[nH]c(-c3ccccc3)c(C=NNC(=O)c3cccc(NC(C)=O)c3)c2c1. The lowest BCUT2D eigenvalue weighted by molar-refractivity contribution is -0.114. The fraction of sp³-hybridized carbons (Fsp3) is 0.0800. The molecule has 4 rings (SSSR count). The molecule has 3 aromatic carbocycles. The van der Waals surface area contributed by atoms with Gasteiger partial charge in [-0.3, -0.25) is 9.59 Å². The Morgan fingerprint density at radius 3 is 2.56 bits per heavy atom. The van der Waals surface area contributed by atoms with Gasteiger partial charge in [-0.05, 0) is 42.0 Å². The summed E-state index contributed by atoms with van der Waals surface area (Å²) < 4.78 is 5.37. The Bertz CT molecular complexity index is 1310. The van der Waals surface area contributed by atoms with E-state index in [-0.39, 0.29) is 11.8 Å². The lowest BCUT2D eigenvalue weighted by Crippen LogP contribution is -2.18. The van der Waals surface area contributed by atoms with Crippen molar-refractivity contribution in [2.75, 3.05) is 12.4 Å². The number of hydrazone groups is 1. The van der Waals surface area contributed by atoms with Crippen LogP contribution in [0.2, 0.25) is 0 Å². The summed E-state index contributed by atoms with van der Waals surface area (Å²) in [5.74, 6) is 0.139. The van der Waals surface area contributed by atoms with Crippen LogP contribution in [0.25, 0.3) is 22.2 Å². The molecule has 0 spiro atoms. The normalized spacial score (nSPS) is 10.9. The third-order valence-electron chi connectivity index (χ3n) is 4.91. The Labute approximate surface area is 185 Å². The Kier molecular flexibility index (Phi) is 5.98. The number of methoxy groups -OCH3 is 1. The first-order valence-electron chi connectivity index (χ1n) is 10.0. The highest BCUT2D eigenvalue weighted by atomic mass is 16.5. The van der Waals surface area contributed by atoms with Crippen molar-refractivity contribution in [3.8, 4) is 17.0 Å². The third-order valence-corrected chi connectivity index (χ3v) is 4.91. The molecule has 0 atom stereocenters. The summed E-state index contributed by atoms with van der Waals surface area (Å²) in [5, 5.41) is 7.79. The average molecular weight is 426 g/mol. The molecule has 2 amide bonds. The van der Waals surface area contributed by atoms with Gasteiger partial charge < -0.3 is 15.0 Å². The number of amides is 2. The lowest BCUT2D eigenvalue weighted by atomic mass is 10.1. The summed E-state index contributed by atoms with van der Waals surface area (Å²) in [6.07, 6.45) is 1.62. The predicted octanol–water partition coefficient (Wildman–Crippen LogP) is 4.57. The molecular formula is C25H22N4O3. The second-order valence-electron chi connectivity index (χ2n) is 7.15. The summed E-state index contributed by atoms with van der Waals surface area (Å²) in [6.45, 7) is 1.41. The molecule has 0 fully saturated rings. The molecule has 0 aliphatic carbocycles. The van der Waals surface area contributed by atoms with E-state index in [4.69, 9.17) is 4.74 Å². The van der Waals surface area contributed by atoms with Crippen LogP contribution in [-0.4, -0.2) is 30.1 Å². The van der Waals surface area contributed by atoms with Crippen molar-refractivity contribution >= 4 is 34.6 Å². The quantitative estimate of drug-likeness (QED) is 0.311. The van der Waals surface area contributed by atoms with E-state index in [2.05, 4.69) is 20.8 Å². The van der Waals surface area contributed by atoms with Crippen LogP contribution in [0.5, 0.6) is 5.75 Å². The highest BCUT2D eigenvalue weighted by Crippen LogP contribution is 2.31. The van der Waals surface area contributed by atoms with Crippen molar-refractivity contribution in [1.82, 2.24) is 10.4 Å². The predicted molar refractivity (Wildman–Crippen MR) is 126 cm³/mol. The zero-order valence-corrected chi connectivity index (χ0v) is 17.7. The van der Waals surface area contributed by atoms with Crippen LogP contribution < -0.4 is 15.5 Å². The van der Waals surface area contributed by atoms with Crippen LogP contribution in [0.4, 0.5) is 5.69 Å². The molecule has 1 heterocycles. The van der Waals surface area contributed by atoms with Gasteiger partial charge in [0, 0.05) is 34.6 Å². The molecule has 7 nitrogen and oxygen atoms in total. The number of hydrogen-bond acceptors (Lipinski definition) is 4. The van der Waals surface area contributed by atoms with Gasteiger partial charge in [0.1, 0.15) is 5.75 Å². The van der Waals surface area contributed by atoms with Gasteiger partial charge in [0.15, 0.2) is 0 Å². The van der Waals surface area contributed by atoms with Crippen LogP contribution in [0, 0.1) is 0 Å². The van der Waals surface area contributed by atoms with Gasteiger partial charge in [0.2, 0.25) is 5.91 Å². The van der Waals surface area contributed by atoms with Crippen molar-refractivity contribution in [3.05, 3.63) is 83.9 Å². The molecule has 160 valence electrons. The zero-order chi connectivity index (χ0) is 22.5. The number of benzene rings is 3. The number of hydrogen-bond donors (Lipinski definition) is 3. The number of aromatic amines is 1. The minimum absolute atomic E-state index is 0.205. The summed E-state index contributed by atoms with van der Waals surface area (Å²) in [7, 11) is 1.62. The highest BCUT2D eigenvalue weighted by Gasteiger charge is 2.13. The number of nitrogens with one attached hydrogen (secondary N) is 3. The minimum Gasteiger partial charge on any atom is -0.497 e. The Morgan fingerprint density at radius 2 is 1.81 bits per heavy atom. The summed E-state index contributed by atoms with van der Waals surface area (Å²) >= 11 is 0. The van der Waals surface area contributed by atoms with Crippen LogP contribution in [0.3, 0.4) is 0 Å². The Hall–Kier alpha value is -4.39. The standard InChI is InChI=1S/C25H22N4O3/c1-16(30)27-19-10-6-9-18(13-19)25(31)29-26-15-22-21-14-20(32-2)11-12-23(21)28-24(22)17-7-4-3-5-8-17/h3-15,28H,1-2H3,(H,27,30)(H,29,31). The number of aromatic nitrogens is 1. The minimum atomic E-state index is -0.382. The first-order valence-corrected chi connectivity index (χ1v) is 10.0. The van der Waals surface area contributed by atoms with E-state index in [1.807, 2.05) is 48.5 Å². The van der Waals surface area contributed by atoms with Crippen LogP contribution in [0.1, 0.15) is 22.8 Å². The molecule has 0 aliphatic rings. The number of ether oxygens (including phenoxy) is 1. The monoisotopic (exact) mass is 426 g/mol. The zero-order valence-electron chi connectivity index (χ0n) is 17.7. The van der Waals surface area contributed by atoms with E-state index in [9.17, 15) is 9.59 Å². The number of nitrogens with zero attached hydrogens (tertiary/aromatic N) is 1. The third kappa shape index (κ3) is 4.52. The van der Waals surface area contributed by atoms with Gasteiger partial charge in [-0.2, -0.15) is 5.10 Å². The fourth-order valence-corrected chi connectivity index (χ4v) is 3.45. The maximum absolute atomic E-state index is 12.6. The smallest absolute Gasteiger partial charge is 0.271 e. The van der Waals surface area contributed by atoms with Crippen LogP contribution in [0.15, 0.2) is 77.9 Å². The number of rotatable bonds is 6. The maximum Gasteiger partial charge on any atom is 0.271 e. The van der Waals surface area contributed by atoms with E-state index in [1.165, 1.54) is 6.92 Å². The van der Waals surface area contributed by atoms with Gasteiger partial charge in [-0.15, -0.1) is 0 Å². The van der Waals surface area contributed by atoms with E-state index in [0.717, 1.165) is 33.5 Å². The van der Waals surface area contributed by atoms with Gasteiger partial charge in [-0.1, -0.05) is 36.4 Å². The van der Waals surface area contributed by atoms with Crippen molar-refractivity contribution in [2.45, 2.75) is 6.92 Å². The highest BCUT2D eigenvalue weighted by molar-refractivity contribution is 6.07. The topological polar surface area (TPSA) is 95.6 Å². The molecule has 1 aromatic heterocycles. The fourth-order valence-electron chi connectivity index (χ4n) is 3.45. The molecular weight excluding hydrogens is 404 g/mol. The number of carbonyl (C=O) groups excluding carboxylic acids is 2. The molecule has 0 saturated carbocycles. The first-order chi connectivity index (χ1) is 15.5. The van der Waals surface area contributed by atoms with Gasteiger partial charge in [0.25, 0.3) is 5.91 Å². The summed E-state index contributed by atoms with van der Waals surface area (Å²) in [4.78, 5) is 27.2. The first kappa shape index (κ1) is 20.9. The van der Waals surface area contributed by atoms with E-state index < -0.39 is 0 Å². The van der Waals surface area contributed by atoms with Crippen molar-refractivity contribution in [3.63, 3.8) is 0 Å². The number of H-pyrrole nitrogens is 1. The van der Waals surface area contributed by atoms with Gasteiger partial charge >= 0.3 is 0 Å². The molecule has 3 N–H and O–H groups in total. The number of anilines is 1. The van der Waals surface area contributed by atoms with Crippen LogP contribution in [-0.2, 0) is 4.79 Å². The lowest BCUT2D eigenvalue weighted by Gasteiger charge is -2.05. The second-order valence-corrected chi connectivity index (χ2v) is 7.15. The largest absolute Gasteiger partial charge is 0.497 e. The summed E-state index contributed by atoms with van der Waals surface area (Å²) in [6, 6.07) is 22.3. The number of carbonyl (C=O) groups is 2. The average Bonchev–Trinajstić information content (AvgIpc) is 3.17. The van der Waals surface area contributed by atoms with Gasteiger partial charge in [0.05, 0.1) is 19.0 Å². The molecule has 4 aromatic rings. The molecule has 7 heteroatoms. The van der Waals surface area contributed by atoms with Crippen molar-refractivity contribution in [1.29, 1.82) is 0 Å². The van der Waals surface area contributed by atoms with Crippen LogP contribution >= 0.6 is 0 Å². The van der Waals surface area contributed by atoms with E-state index in [0.29, 0.717) is 11.3 Å². The molecule has 0 unspecified atom stereocenters. The Balaban J connectivity index is 1.64. The molecule has 0 aliphatic heterocycles. The molecule has 32 heavy (non-hydrogen) atoms. The Morgan fingerprint density at radius 1 is 1.00 bits per heavy atom. The van der Waals surface area contributed by atoms with Gasteiger partial charge in [-0.25, -0.2) is 5.43 Å². The van der Waals surface area contributed by atoms with Crippen molar-refractivity contribution < 1.29 is 14.3 Å².